The SMILES string of the molecule is O=C(O)/C=C/c1cc(O)c2cccc(/C=C/C(=O)O)c2c1. The van der Waals surface area contributed by atoms with Crippen molar-refractivity contribution in [2.75, 3.05) is 0 Å². The van der Waals surface area contributed by atoms with Gasteiger partial charge in [-0.05, 0) is 40.8 Å². The van der Waals surface area contributed by atoms with E-state index in [1.54, 1.807) is 24.3 Å². The third-order valence-electron chi connectivity index (χ3n) is 2.85. The zero-order valence-corrected chi connectivity index (χ0v) is 10.9. The van der Waals surface area contributed by atoms with E-state index in [0.29, 0.717) is 21.9 Å². The molecule has 0 heterocycles. The van der Waals surface area contributed by atoms with Gasteiger partial charge in [0.15, 0.2) is 0 Å². The minimum absolute atomic E-state index is 0.00288. The molecule has 0 aliphatic carbocycles. The second-order valence-corrected chi connectivity index (χ2v) is 4.33. The van der Waals surface area contributed by atoms with Crippen molar-refractivity contribution >= 4 is 34.9 Å². The molecule has 0 spiro atoms. The minimum Gasteiger partial charge on any atom is -0.507 e. The van der Waals surface area contributed by atoms with E-state index >= 15 is 0 Å². The molecule has 0 amide bonds. The predicted molar refractivity (Wildman–Crippen MR) is 79.0 cm³/mol. The number of aromatic hydroxyl groups is 1. The minimum atomic E-state index is -1.09. The third-order valence-corrected chi connectivity index (χ3v) is 2.85. The largest absolute Gasteiger partial charge is 0.507 e. The van der Waals surface area contributed by atoms with E-state index in [1.165, 1.54) is 18.2 Å². The van der Waals surface area contributed by atoms with Crippen LogP contribution in [0.25, 0.3) is 22.9 Å². The average molecular weight is 284 g/mol. The molecule has 2 rings (SSSR count). The predicted octanol–water partition coefficient (Wildman–Crippen LogP) is 2.74. The second-order valence-electron chi connectivity index (χ2n) is 4.33. The molecule has 5 nitrogen and oxygen atoms in total. The van der Waals surface area contributed by atoms with Crippen molar-refractivity contribution in [2.45, 2.75) is 0 Å². The Morgan fingerprint density at radius 2 is 1.57 bits per heavy atom. The Labute approximate surface area is 120 Å². The Hall–Kier alpha value is -3.08. The van der Waals surface area contributed by atoms with E-state index in [2.05, 4.69) is 0 Å². The highest BCUT2D eigenvalue weighted by Crippen LogP contribution is 2.30. The Bertz CT molecular complexity index is 772. The number of phenolic OH excluding ortho intramolecular Hbond substituents is 1. The van der Waals surface area contributed by atoms with Gasteiger partial charge in [0.25, 0.3) is 0 Å². The first-order chi connectivity index (χ1) is 9.97. The van der Waals surface area contributed by atoms with Crippen molar-refractivity contribution in [3.63, 3.8) is 0 Å². The van der Waals surface area contributed by atoms with Crippen molar-refractivity contribution < 1.29 is 24.9 Å². The van der Waals surface area contributed by atoms with Crippen LogP contribution in [0.3, 0.4) is 0 Å². The highest BCUT2D eigenvalue weighted by atomic mass is 16.4. The second kappa shape index (κ2) is 5.92. The summed E-state index contributed by atoms with van der Waals surface area (Å²) in [5.41, 5.74) is 1.13. The maximum absolute atomic E-state index is 10.6. The van der Waals surface area contributed by atoms with Crippen LogP contribution in [0.1, 0.15) is 11.1 Å². The van der Waals surface area contributed by atoms with Gasteiger partial charge in [0, 0.05) is 17.5 Å². The molecule has 21 heavy (non-hydrogen) atoms. The van der Waals surface area contributed by atoms with E-state index in [1.807, 2.05) is 0 Å². The number of benzene rings is 2. The van der Waals surface area contributed by atoms with Gasteiger partial charge in [-0.3, -0.25) is 0 Å². The molecule has 0 saturated heterocycles. The lowest BCUT2D eigenvalue weighted by molar-refractivity contribution is -0.132. The van der Waals surface area contributed by atoms with Gasteiger partial charge >= 0.3 is 11.9 Å². The number of aliphatic carboxylic acids is 2. The summed E-state index contributed by atoms with van der Waals surface area (Å²) in [5, 5.41) is 28.5. The fourth-order valence-corrected chi connectivity index (χ4v) is 1.98. The van der Waals surface area contributed by atoms with Crippen LogP contribution in [0.2, 0.25) is 0 Å². The maximum Gasteiger partial charge on any atom is 0.328 e. The summed E-state index contributed by atoms with van der Waals surface area (Å²) in [6.07, 6.45) is 4.76. The summed E-state index contributed by atoms with van der Waals surface area (Å²) in [7, 11) is 0. The number of carboxylic acid groups (broad SMARTS) is 2. The number of carbonyl (C=O) groups is 2. The van der Waals surface area contributed by atoms with Crippen LogP contribution in [0.5, 0.6) is 5.75 Å². The Balaban J connectivity index is 2.61. The molecule has 0 unspecified atom stereocenters. The number of carboxylic acids is 2. The molecule has 0 aliphatic rings. The van der Waals surface area contributed by atoms with Gasteiger partial charge < -0.3 is 15.3 Å². The maximum atomic E-state index is 10.6. The van der Waals surface area contributed by atoms with Gasteiger partial charge in [-0.1, -0.05) is 18.2 Å². The summed E-state index contributed by atoms with van der Waals surface area (Å²) >= 11 is 0. The lowest BCUT2D eigenvalue weighted by Crippen LogP contribution is -1.88. The van der Waals surface area contributed by atoms with Crippen LogP contribution in [-0.2, 0) is 9.59 Å². The monoisotopic (exact) mass is 284 g/mol. The summed E-state index contributed by atoms with van der Waals surface area (Å²) in [6.45, 7) is 0. The summed E-state index contributed by atoms with van der Waals surface area (Å²) in [5.74, 6) is -2.16. The van der Waals surface area contributed by atoms with E-state index < -0.39 is 11.9 Å². The Morgan fingerprint density at radius 3 is 2.24 bits per heavy atom. The van der Waals surface area contributed by atoms with Crippen LogP contribution in [0.15, 0.2) is 42.5 Å². The van der Waals surface area contributed by atoms with Crippen LogP contribution in [-0.4, -0.2) is 27.3 Å². The smallest absolute Gasteiger partial charge is 0.328 e. The van der Waals surface area contributed by atoms with E-state index in [0.717, 1.165) is 12.2 Å². The molecule has 2 aromatic rings. The molecule has 0 atom stereocenters. The molecular weight excluding hydrogens is 272 g/mol. The summed E-state index contributed by atoms with van der Waals surface area (Å²) < 4.78 is 0. The first-order valence-electron chi connectivity index (χ1n) is 6.05. The molecule has 0 bridgehead atoms. The van der Waals surface area contributed by atoms with Crippen LogP contribution < -0.4 is 0 Å². The molecular formula is C16H12O5. The van der Waals surface area contributed by atoms with Gasteiger partial charge in [-0.15, -0.1) is 0 Å². The summed E-state index contributed by atoms with van der Waals surface area (Å²) in [6, 6.07) is 8.26. The third kappa shape index (κ3) is 3.48. The van der Waals surface area contributed by atoms with Crippen LogP contribution >= 0.6 is 0 Å². The van der Waals surface area contributed by atoms with Gasteiger partial charge in [-0.2, -0.15) is 0 Å². The Kier molecular flexibility index (Phi) is 4.04. The highest BCUT2D eigenvalue weighted by Gasteiger charge is 2.05. The number of hydrogen-bond acceptors (Lipinski definition) is 3. The zero-order valence-electron chi connectivity index (χ0n) is 10.9. The van der Waals surface area contributed by atoms with E-state index in [9.17, 15) is 14.7 Å². The van der Waals surface area contributed by atoms with Crippen molar-refractivity contribution in [1.82, 2.24) is 0 Å². The highest BCUT2D eigenvalue weighted by molar-refractivity contribution is 5.98. The topological polar surface area (TPSA) is 94.8 Å². The molecule has 0 aliphatic heterocycles. The fraction of sp³-hybridized carbons (Fsp3) is 0. The number of hydrogen-bond donors (Lipinski definition) is 3. The molecule has 106 valence electrons. The van der Waals surface area contributed by atoms with Gasteiger partial charge in [-0.25, -0.2) is 9.59 Å². The quantitative estimate of drug-likeness (QED) is 0.750. The van der Waals surface area contributed by atoms with E-state index in [4.69, 9.17) is 10.2 Å². The lowest BCUT2D eigenvalue weighted by atomic mass is 10.0. The van der Waals surface area contributed by atoms with Crippen molar-refractivity contribution in [3.05, 3.63) is 53.6 Å². The van der Waals surface area contributed by atoms with Gasteiger partial charge in [0.2, 0.25) is 0 Å². The molecule has 0 fully saturated rings. The summed E-state index contributed by atoms with van der Waals surface area (Å²) in [4.78, 5) is 21.1. The molecule has 0 saturated carbocycles. The Morgan fingerprint density at radius 1 is 0.905 bits per heavy atom. The number of phenols is 1. The van der Waals surface area contributed by atoms with E-state index in [-0.39, 0.29) is 5.75 Å². The van der Waals surface area contributed by atoms with Gasteiger partial charge in [0.1, 0.15) is 5.75 Å². The molecule has 0 aromatic heterocycles. The van der Waals surface area contributed by atoms with Crippen molar-refractivity contribution in [2.24, 2.45) is 0 Å². The van der Waals surface area contributed by atoms with Crippen molar-refractivity contribution in [3.8, 4) is 5.75 Å². The number of fused-ring (bicyclic) bond motifs is 1. The zero-order chi connectivity index (χ0) is 15.4. The fourth-order valence-electron chi connectivity index (χ4n) is 1.98. The molecule has 2 aromatic carbocycles. The lowest BCUT2D eigenvalue weighted by Gasteiger charge is -2.06. The normalized spacial score (nSPS) is 11.4. The van der Waals surface area contributed by atoms with Crippen LogP contribution in [0.4, 0.5) is 0 Å². The van der Waals surface area contributed by atoms with Crippen LogP contribution in [0, 0.1) is 0 Å². The van der Waals surface area contributed by atoms with Gasteiger partial charge in [0.05, 0.1) is 0 Å². The average Bonchev–Trinajstić information content (AvgIpc) is 2.43. The molecule has 5 heteroatoms. The number of rotatable bonds is 4. The first kappa shape index (κ1) is 14.3. The standard InChI is InChI=1S/C16H12O5/c17-14-9-10(4-6-15(18)19)8-13-11(5-7-16(20)21)2-1-3-12(13)14/h1-9,17H,(H,18,19)(H,20,21)/b6-4+,7-5+. The molecule has 3 N–H and O–H groups in total. The van der Waals surface area contributed by atoms with Crippen molar-refractivity contribution in [1.29, 1.82) is 0 Å². The molecule has 0 radical (unpaired) electrons. The first-order valence-corrected chi connectivity index (χ1v) is 6.05.